The van der Waals surface area contributed by atoms with E-state index >= 15 is 0 Å². The second-order valence-corrected chi connectivity index (χ2v) is 6.84. The third-order valence-electron chi connectivity index (χ3n) is 4.08. The summed E-state index contributed by atoms with van der Waals surface area (Å²) in [6.07, 6.45) is -3.16. The van der Waals surface area contributed by atoms with Gasteiger partial charge in [-0.2, -0.15) is 13.2 Å². The minimum absolute atomic E-state index is 0.0201. The third-order valence-corrected chi connectivity index (χ3v) is 4.86. The van der Waals surface area contributed by atoms with Crippen molar-refractivity contribution in [3.63, 3.8) is 0 Å². The summed E-state index contributed by atoms with van der Waals surface area (Å²) in [4.78, 5) is 0. The van der Waals surface area contributed by atoms with E-state index in [0.717, 1.165) is 0 Å². The lowest BCUT2D eigenvalue weighted by atomic mass is 10.0. The number of allylic oxidation sites excluding steroid dienone is 1. The van der Waals surface area contributed by atoms with Crippen LogP contribution in [0, 0.1) is 5.82 Å². The Morgan fingerprint density at radius 3 is 2.31 bits per heavy atom. The molecule has 1 aliphatic heterocycles. The van der Waals surface area contributed by atoms with Crippen LogP contribution in [0.3, 0.4) is 0 Å². The van der Waals surface area contributed by atoms with Crippen LogP contribution in [-0.2, 0) is 0 Å². The lowest BCUT2D eigenvalue weighted by Gasteiger charge is -2.23. The molecule has 0 saturated carbocycles. The van der Waals surface area contributed by atoms with Crippen molar-refractivity contribution >= 4 is 34.6 Å². The van der Waals surface area contributed by atoms with Crippen molar-refractivity contribution in [1.29, 1.82) is 0 Å². The Kier molecular flexibility index (Phi) is 4.63. The number of rotatable bonds is 2. The van der Waals surface area contributed by atoms with Crippen molar-refractivity contribution in [2.45, 2.75) is 13.1 Å². The Bertz CT molecular complexity index is 927. The molecular weight excluding hydrogens is 391 g/mol. The van der Waals surface area contributed by atoms with Crippen LogP contribution >= 0.6 is 23.2 Å². The molecule has 3 rings (SSSR count). The van der Waals surface area contributed by atoms with Crippen LogP contribution in [0.15, 0.2) is 53.3 Å². The van der Waals surface area contributed by atoms with Gasteiger partial charge in [-0.05, 0) is 30.7 Å². The van der Waals surface area contributed by atoms with Crippen LogP contribution in [0.25, 0.3) is 11.1 Å². The largest absolute Gasteiger partial charge is 0.439 e. The highest BCUT2D eigenvalue weighted by atomic mass is 35.5. The third kappa shape index (κ3) is 3.24. The number of nitrogens with zero attached hydrogens (tertiary/aromatic N) is 2. The second-order valence-electron chi connectivity index (χ2n) is 6.06. The number of hydrogen-bond donors (Lipinski definition) is 0. The summed E-state index contributed by atoms with van der Waals surface area (Å²) < 4.78 is 53.1. The maximum atomic E-state index is 14.0. The molecule has 1 heterocycles. The quantitative estimate of drug-likeness (QED) is 0.305. The summed E-state index contributed by atoms with van der Waals surface area (Å²) in [5.74, 6) is -0.709. The van der Waals surface area contributed by atoms with Gasteiger partial charge in [0, 0.05) is 17.2 Å². The lowest BCUT2D eigenvalue weighted by molar-refractivity contribution is -0.0586. The fraction of sp³-hybridized carbons (Fsp3) is 0.167. The number of alkyl halides is 3. The minimum Gasteiger partial charge on any atom is -0.205 e. The van der Waals surface area contributed by atoms with E-state index in [0.29, 0.717) is 16.8 Å². The van der Waals surface area contributed by atoms with E-state index in [1.165, 1.54) is 32.3 Å². The highest BCUT2D eigenvalue weighted by Gasteiger charge is 2.46. The average Bonchev–Trinajstić information content (AvgIpc) is 2.88. The standard InChI is InChI=1S/C18H13Cl2F4N2/c1-10-9-26(2,25-17(10)18(22,23)24)15-6-4-3-5-12(15)11-7-13(19)16(20)14(21)8-11/h3-9H,1-2H3/q+1. The number of benzene rings is 2. The Hall–Kier alpha value is -1.89. The Morgan fingerprint density at radius 1 is 1.08 bits per heavy atom. The zero-order valence-electron chi connectivity index (χ0n) is 13.7. The van der Waals surface area contributed by atoms with Crippen LogP contribution in [0.4, 0.5) is 23.2 Å². The minimum atomic E-state index is -4.55. The zero-order chi connectivity index (χ0) is 19.3. The normalized spacial score (nSPS) is 20.2. The zero-order valence-corrected chi connectivity index (χ0v) is 15.2. The van der Waals surface area contributed by atoms with Gasteiger partial charge >= 0.3 is 6.18 Å². The number of halogens is 6. The molecule has 2 aromatic rings. The fourth-order valence-electron chi connectivity index (χ4n) is 2.98. The molecule has 136 valence electrons. The van der Waals surface area contributed by atoms with E-state index in [4.69, 9.17) is 23.2 Å². The lowest BCUT2D eigenvalue weighted by Crippen LogP contribution is -2.32. The topological polar surface area (TPSA) is 12.4 Å². The summed E-state index contributed by atoms with van der Waals surface area (Å²) >= 11 is 11.7. The van der Waals surface area contributed by atoms with Gasteiger partial charge in [-0.25, -0.2) is 4.39 Å². The predicted molar refractivity (Wildman–Crippen MR) is 96.8 cm³/mol. The molecule has 0 N–H and O–H groups in total. The first kappa shape index (κ1) is 18.9. The second kappa shape index (κ2) is 6.37. The summed E-state index contributed by atoms with van der Waals surface area (Å²) in [6.45, 7) is 1.36. The molecule has 0 saturated heterocycles. The molecule has 0 spiro atoms. The summed E-state index contributed by atoms with van der Waals surface area (Å²) in [5, 5.41) is 3.69. The van der Waals surface area contributed by atoms with E-state index in [9.17, 15) is 17.6 Å². The van der Waals surface area contributed by atoms with Gasteiger partial charge in [0.25, 0.3) is 0 Å². The molecule has 26 heavy (non-hydrogen) atoms. The van der Waals surface area contributed by atoms with E-state index in [1.807, 2.05) is 0 Å². The fourth-order valence-corrected chi connectivity index (χ4v) is 3.30. The molecule has 8 heteroatoms. The molecule has 0 aliphatic carbocycles. The van der Waals surface area contributed by atoms with Crippen molar-refractivity contribution in [2.24, 2.45) is 5.10 Å². The molecule has 1 unspecified atom stereocenters. The van der Waals surface area contributed by atoms with Gasteiger partial charge in [0.15, 0.2) is 5.69 Å². The van der Waals surface area contributed by atoms with Gasteiger partial charge in [0.05, 0.1) is 10.0 Å². The summed E-state index contributed by atoms with van der Waals surface area (Å²) in [5.41, 5.74) is 0.436. The van der Waals surface area contributed by atoms with Gasteiger partial charge < -0.3 is 0 Å². The molecule has 0 fully saturated rings. The molecule has 0 aromatic heterocycles. The maximum absolute atomic E-state index is 14.0. The van der Waals surface area contributed by atoms with Crippen molar-refractivity contribution < 1.29 is 17.6 Å². The highest BCUT2D eigenvalue weighted by molar-refractivity contribution is 6.42. The van der Waals surface area contributed by atoms with Gasteiger partial charge in [0.1, 0.15) is 19.1 Å². The van der Waals surface area contributed by atoms with E-state index in [-0.39, 0.29) is 15.6 Å². The molecular formula is C18H13Cl2F4N2+. The monoisotopic (exact) mass is 403 g/mol. The molecule has 0 amide bonds. The van der Waals surface area contributed by atoms with Crippen LogP contribution in [0.1, 0.15) is 6.92 Å². The first-order chi connectivity index (χ1) is 12.0. The van der Waals surface area contributed by atoms with E-state index < -0.39 is 22.3 Å². The van der Waals surface area contributed by atoms with Gasteiger partial charge in [-0.3, -0.25) is 0 Å². The molecule has 2 nitrogen and oxygen atoms in total. The molecule has 1 aliphatic rings. The van der Waals surface area contributed by atoms with E-state index in [1.54, 1.807) is 24.3 Å². The average molecular weight is 404 g/mol. The number of hydrogen-bond acceptors (Lipinski definition) is 1. The van der Waals surface area contributed by atoms with Crippen molar-refractivity contribution in [3.8, 4) is 11.1 Å². The van der Waals surface area contributed by atoms with Crippen molar-refractivity contribution in [3.05, 3.63) is 64.0 Å². The van der Waals surface area contributed by atoms with E-state index in [2.05, 4.69) is 5.10 Å². The maximum Gasteiger partial charge on any atom is 0.439 e. The summed E-state index contributed by atoms with van der Waals surface area (Å²) in [7, 11) is 1.52. The summed E-state index contributed by atoms with van der Waals surface area (Å²) in [6, 6.07) is 9.36. The SMILES string of the molecule is CC1=C[N+](C)(c2ccccc2-c2cc(F)c(Cl)c(Cl)c2)N=C1C(F)(F)F. The first-order valence-electron chi connectivity index (χ1n) is 7.51. The number of quaternary nitrogens is 1. The first-order valence-corrected chi connectivity index (χ1v) is 8.26. The Morgan fingerprint density at radius 2 is 1.73 bits per heavy atom. The van der Waals surface area contributed by atoms with Crippen LogP contribution < -0.4 is 4.59 Å². The van der Waals surface area contributed by atoms with Crippen LogP contribution in [-0.4, -0.2) is 18.9 Å². The molecule has 1 atom stereocenters. The number of para-hydroxylation sites is 1. The van der Waals surface area contributed by atoms with Gasteiger partial charge in [0.2, 0.25) is 5.71 Å². The molecule has 0 bridgehead atoms. The Balaban J connectivity index is 2.20. The van der Waals surface area contributed by atoms with Crippen LogP contribution in [0.5, 0.6) is 0 Å². The van der Waals surface area contributed by atoms with Crippen molar-refractivity contribution in [2.75, 3.05) is 7.05 Å². The molecule has 0 radical (unpaired) electrons. The smallest absolute Gasteiger partial charge is 0.205 e. The van der Waals surface area contributed by atoms with Gasteiger partial charge in [-0.1, -0.05) is 40.4 Å². The van der Waals surface area contributed by atoms with Crippen molar-refractivity contribution in [1.82, 2.24) is 4.59 Å². The highest BCUT2D eigenvalue weighted by Crippen LogP contribution is 2.41. The van der Waals surface area contributed by atoms with Crippen LogP contribution in [0.2, 0.25) is 10.0 Å². The molecule has 2 aromatic carbocycles. The van der Waals surface area contributed by atoms with Gasteiger partial charge in [-0.15, -0.1) is 4.59 Å². The Labute approximate surface area is 157 Å². The predicted octanol–water partition coefficient (Wildman–Crippen LogP) is 6.57.